The number of hydrogen-bond acceptors (Lipinski definition) is 4. The molecule has 1 atom stereocenters. The molecule has 6 nitrogen and oxygen atoms in total. The monoisotopic (exact) mass is 373 g/mol. The molecule has 27 heavy (non-hydrogen) atoms. The largest absolute Gasteiger partial charge is 0.459 e. The molecule has 1 aliphatic rings. The molecule has 1 saturated heterocycles. The van der Waals surface area contributed by atoms with Crippen molar-refractivity contribution in [1.82, 2.24) is 10.2 Å². The van der Waals surface area contributed by atoms with Crippen molar-refractivity contribution in [2.45, 2.75) is 19.9 Å². The van der Waals surface area contributed by atoms with Crippen molar-refractivity contribution >= 4 is 17.5 Å². The summed E-state index contributed by atoms with van der Waals surface area (Å²) in [5.41, 5.74) is 0.552. The maximum absolute atomic E-state index is 14.0. The minimum atomic E-state index is -0.636. The number of carbonyl (C=O) groups excluding carboxylic acids is 2. The first-order valence-corrected chi connectivity index (χ1v) is 9.10. The number of amides is 2. The standard InChI is InChI=1S/C20H24FN3O3/c1-14(2)18(22-19(25)17-8-5-13-27-17)20(26)24-11-9-23(10-12-24)16-7-4-3-6-15(16)21/h3-8,13-14,18H,9-12H2,1-2H3,(H,22,25). The zero-order valence-corrected chi connectivity index (χ0v) is 15.5. The van der Waals surface area contributed by atoms with Crippen LogP contribution >= 0.6 is 0 Å². The van der Waals surface area contributed by atoms with Crippen LogP contribution in [0.4, 0.5) is 10.1 Å². The highest BCUT2D eigenvalue weighted by Gasteiger charge is 2.31. The fourth-order valence-electron chi connectivity index (χ4n) is 3.21. The van der Waals surface area contributed by atoms with Gasteiger partial charge in [0, 0.05) is 26.2 Å². The summed E-state index contributed by atoms with van der Waals surface area (Å²) in [5.74, 6) is -0.683. The Hall–Kier alpha value is -2.83. The Bertz CT molecular complexity index is 784. The van der Waals surface area contributed by atoms with Gasteiger partial charge in [-0.3, -0.25) is 9.59 Å². The summed E-state index contributed by atoms with van der Waals surface area (Å²) in [4.78, 5) is 28.9. The number of furan rings is 1. The van der Waals surface area contributed by atoms with E-state index in [4.69, 9.17) is 4.42 Å². The van der Waals surface area contributed by atoms with Gasteiger partial charge in [0.15, 0.2) is 5.76 Å². The Labute approximate surface area is 157 Å². The van der Waals surface area contributed by atoms with Crippen molar-refractivity contribution in [2.24, 2.45) is 5.92 Å². The van der Waals surface area contributed by atoms with Gasteiger partial charge < -0.3 is 19.5 Å². The van der Waals surface area contributed by atoms with Gasteiger partial charge in [0.05, 0.1) is 12.0 Å². The fourth-order valence-corrected chi connectivity index (χ4v) is 3.21. The normalized spacial score (nSPS) is 15.7. The lowest BCUT2D eigenvalue weighted by Crippen LogP contribution is -2.56. The minimum absolute atomic E-state index is 0.0685. The second-order valence-electron chi connectivity index (χ2n) is 6.94. The Morgan fingerprint density at radius 1 is 1.07 bits per heavy atom. The highest BCUT2D eigenvalue weighted by atomic mass is 19.1. The molecule has 1 unspecified atom stereocenters. The molecule has 1 aromatic carbocycles. The number of benzene rings is 1. The quantitative estimate of drug-likeness (QED) is 0.875. The van der Waals surface area contributed by atoms with Crippen molar-refractivity contribution < 1.29 is 18.4 Å². The van der Waals surface area contributed by atoms with Crippen LogP contribution in [0.5, 0.6) is 0 Å². The molecule has 1 aromatic heterocycles. The number of para-hydroxylation sites is 1. The molecule has 0 radical (unpaired) electrons. The average Bonchev–Trinajstić information content (AvgIpc) is 3.21. The van der Waals surface area contributed by atoms with Crippen LogP contribution in [0.15, 0.2) is 47.1 Å². The number of nitrogens with one attached hydrogen (secondary N) is 1. The zero-order chi connectivity index (χ0) is 19.4. The van der Waals surface area contributed by atoms with Gasteiger partial charge in [0.25, 0.3) is 5.91 Å². The van der Waals surface area contributed by atoms with Gasteiger partial charge in [-0.05, 0) is 30.2 Å². The molecule has 2 heterocycles. The van der Waals surface area contributed by atoms with Crippen LogP contribution in [0.25, 0.3) is 0 Å². The average molecular weight is 373 g/mol. The Balaban J connectivity index is 1.62. The van der Waals surface area contributed by atoms with Gasteiger partial charge in [-0.25, -0.2) is 4.39 Å². The molecule has 0 spiro atoms. The molecule has 0 saturated carbocycles. The van der Waals surface area contributed by atoms with E-state index in [0.717, 1.165) is 0 Å². The smallest absolute Gasteiger partial charge is 0.287 e. The number of anilines is 1. The van der Waals surface area contributed by atoms with Gasteiger partial charge in [-0.2, -0.15) is 0 Å². The van der Waals surface area contributed by atoms with Gasteiger partial charge >= 0.3 is 0 Å². The summed E-state index contributed by atoms with van der Waals surface area (Å²) in [6.07, 6.45) is 1.42. The Kier molecular flexibility index (Phi) is 5.78. The predicted octanol–water partition coefficient (Wildman–Crippen LogP) is 2.52. The van der Waals surface area contributed by atoms with Crippen LogP contribution in [-0.2, 0) is 4.79 Å². The number of carbonyl (C=O) groups is 2. The number of piperazine rings is 1. The van der Waals surface area contributed by atoms with Crippen LogP contribution in [0, 0.1) is 11.7 Å². The third-order valence-electron chi connectivity index (χ3n) is 4.75. The SMILES string of the molecule is CC(C)C(NC(=O)c1ccco1)C(=O)N1CCN(c2ccccc2F)CC1. The molecule has 0 bridgehead atoms. The summed E-state index contributed by atoms with van der Waals surface area (Å²) in [7, 11) is 0. The Morgan fingerprint density at radius 3 is 2.37 bits per heavy atom. The van der Waals surface area contributed by atoms with Crippen LogP contribution in [0.3, 0.4) is 0 Å². The van der Waals surface area contributed by atoms with Crippen LogP contribution < -0.4 is 10.2 Å². The molecule has 144 valence electrons. The van der Waals surface area contributed by atoms with E-state index in [2.05, 4.69) is 5.32 Å². The molecular formula is C20H24FN3O3. The van der Waals surface area contributed by atoms with E-state index < -0.39 is 11.9 Å². The Morgan fingerprint density at radius 2 is 1.78 bits per heavy atom. The fraction of sp³-hybridized carbons (Fsp3) is 0.400. The van der Waals surface area contributed by atoms with Crippen molar-refractivity contribution in [1.29, 1.82) is 0 Å². The van der Waals surface area contributed by atoms with Crippen molar-refractivity contribution in [3.63, 3.8) is 0 Å². The van der Waals surface area contributed by atoms with E-state index in [1.54, 1.807) is 35.2 Å². The molecule has 1 fully saturated rings. The zero-order valence-electron chi connectivity index (χ0n) is 15.5. The molecule has 0 aliphatic carbocycles. The highest BCUT2D eigenvalue weighted by molar-refractivity contribution is 5.95. The van der Waals surface area contributed by atoms with E-state index >= 15 is 0 Å². The van der Waals surface area contributed by atoms with Crippen LogP contribution in [0.1, 0.15) is 24.4 Å². The van der Waals surface area contributed by atoms with Crippen molar-refractivity contribution in [3.8, 4) is 0 Å². The first kappa shape index (κ1) is 18.9. The number of halogens is 1. The van der Waals surface area contributed by atoms with E-state index in [0.29, 0.717) is 31.9 Å². The van der Waals surface area contributed by atoms with Crippen LogP contribution in [0.2, 0.25) is 0 Å². The molecular weight excluding hydrogens is 349 g/mol. The van der Waals surface area contributed by atoms with Gasteiger partial charge in [-0.1, -0.05) is 26.0 Å². The van der Waals surface area contributed by atoms with E-state index in [-0.39, 0.29) is 23.4 Å². The molecule has 2 aromatic rings. The number of nitrogens with zero attached hydrogens (tertiary/aromatic N) is 2. The van der Waals surface area contributed by atoms with Crippen molar-refractivity contribution in [3.05, 3.63) is 54.2 Å². The van der Waals surface area contributed by atoms with E-state index in [1.807, 2.05) is 18.7 Å². The first-order chi connectivity index (χ1) is 13.0. The third kappa shape index (κ3) is 4.30. The summed E-state index contributed by atoms with van der Waals surface area (Å²) < 4.78 is 19.1. The minimum Gasteiger partial charge on any atom is -0.459 e. The summed E-state index contributed by atoms with van der Waals surface area (Å²) >= 11 is 0. The van der Waals surface area contributed by atoms with Crippen LogP contribution in [-0.4, -0.2) is 48.9 Å². The lowest BCUT2D eigenvalue weighted by molar-refractivity contribution is -0.134. The second kappa shape index (κ2) is 8.24. The third-order valence-corrected chi connectivity index (χ3v) is 4.75. The van der Waals surface area contributed by atoms with Gasteiger partial charge in [0.1, 0.15) is 11.9 Å². The topological polar surface area (TPSA) is 65.8 Å². The lowest BCUT2D eigenvalue weighted by atomic mass is 10.0. The number of rotatable bonds is 5. The van der Waals surface area contributed by atoms with Crippen molar-refractivity contribution in [2.75, 3.05) is 31.1 Å². The molecule has 1 N–H and O–H groups in total. The van der Waals surface area contributed by atoms with Gasteiger partial charge in [-0.15, -0.1) is 0 Å². The summed E-state index contributed by atoms with van der Waals surface area (Å²) in [5, 5.41) is 2.77. The highest BCUT2D eigenvalue weighted by Crippen LogP contribution is 2.21. The first-order valence-electron chi connectivity index (χ1n) is 9.10. The van der Waals surface area contributed by atoms with E-state index in [1.165, 1.54) is 12.3 Å². The predicted molar refractivity (Wildman–Crippen MR) is 100.0 cm³/mol. The molecule has 2 amide bonds. The lowest BCUT2D eigenvalue weighted by Gasteiger charge is -2.38. The maximum Gasteiger partial charge on any atom is 0.287 e. The summed E-state index contributed by atoms with van der Waals surface area (Å²) in [6, 6.07) is 9.19. The summed E-state index contributed by atoms with van der Waals surface area (Å²) in [6.45, 7) is 5.83. The second-order valence-corrected chi connectivity index (χ2v) is 6.94. The van der Waals surface area contributed by atoms with E-state index in [9.17, 15) is 14.0 Å². The molecule has 3 rings (SSSR count). The molecule has 1 aliphatic heterocycles. The number of hydrogen-bond donors (Lipinski definition) is 1. The molecule has 7 heteroatoms. The maximum atomic E-state index is 14.0. The van der Waals surface area contributed by atoms with Gasteiger partial charge in [0.2, 0.25) is 5.91 Å².